The van der Waals surface area contributed by atoms with Gasteiger partial charge in [0.1, 0.15) is 5.75 Å². The molecular formula is C19H19ClO4. The molecule has 0 aliphatic rings. The van der Waals surface area contributed by atoms with Gasteiger partial charge in [0.05, 0.1) is 6.61 Å². The molecule has 0 unspecified atom stereocenters. The van der Waals surface area contributed by atoms with Gasteiger partial charge in [0, 0.05) is 24.3 Å². The Morgan fingerprint density at radius 1 is 0.917 bits per heavy atom. The van der Waals surface area contributed by atoms with E-state index in [-0.39, 0.29) is 18.8 Å². The first kappa shape index (κ1) is 18.0. The van der Waals surface area contributed by atoms with Crippen molar-refractivity contribution in [3.8, 4) is 5.75 Å². The number of carbonyl (C=O) groups excluding carboxylic acids is 2. The molecule has 2 rings (SSSR count). The van der Waals surface area contributed by atoms with Crippen LogP contribution >= 0.6 is 11.6 Å². The van der Waals surface area contributed by atoms with Crippen LogP contribution in [0.5, 0.6) is 5.75 Å². The van der Waals surface area contributed by atoms with Gasteiger partial charge < -0.3 is 9.47 Å². The smallest absolute Gasteiger partial charge is 0.311 e. The summed E-state index contributed by atoms with van der Waals surface area (Å²) < 4.78 is 10.3. The lowest BCUT2D eigenvalue weighted by molar-refractivity contribution is -0.143. The molecule has 126 valence electrons. The van der Waals surface area contributed by atoms with Crippen molar-refractivity contribution in [1.29, 1.82) is 0 Å². The summed E-state index contributed by atoms with van der Waals surface area (Å²) in [6.45, 7) is 0.343. The van der Waals surface area contributed by atoms with Gasteiger partial charge in [-0.1, -0.05) is 48.0 Å². The zero-order valence-electron chi connectivity index (χ0n) is 13.2. The normalized spacial score (nSPS) is 10.2. The van der Waals surface area contributed by atoms with Gasteiger partial charge in [0.2, 0.25) is 0 Å². The maximum atomic E-state index is 11.7. The number of hydrogen-bond donors (Lipinski definition) is 0. The summed E-state index contributed by atoms with van der Waals surface area (Å²) in [7, 11) is 0. The summed E-state index contributed by atoms with van der Waals surface area (Å²) in [5.74, 6) is -0.297. The average Bonchev–Trinajstić information content (AvgIpc) is 2.56. The number of hydrogen-bond acceptors (Lipinski definition) is 4. The molecule has 0 heterocycles. The molecular weight excluding hydrogens is 328 g/mol. The number of carbonyl (C=O) groups is 2. The first-order valence-electron chi connectivity index (χ1n) is 7.79. The van der Waals surface area contributed by atoms with E-state index in [4.69, 9.17) is 21.1 Å². The SMILES string of the molecule is O=C(CCCC(=O)Oc1cccc(Cl)c1)OCCc1ccccc1. The van der Waals surface area contributed by atoms with E-state index < -0.39 is 5.97 Å². The Labute approximate surface area is 146 Å². The predicted molar refractivity (Wildman–Crippen MR) is 92.0 cm³/mol. The van der Waals surface area contributed by atoms with Crippen molar-refractivity contribution in [2.24, 2.45) is 0 Å². The Bertz CT molecular complexity index is 670. The van der Waals surface area contributed by atoms with Crippen LogP contribution in [-0.4, -0.2) is 18.5 Å². The van der Waals surface area contributed by atoms with E-state index >= 15 is 0 Å². The third-order valence-corrected chi connectivity index (χ3v) is 3.52. The van der Waals surface area contributed by atoms with Gasteiger partial charge in [0.25, 0.3) is 0 Å². The highest BCUT2D eigenvalue weighted by atomic mass is 35.5. The summed E-state index contributed by atoms with van der Waals surface area (Å²) in [5, 5.41) is 0.502. The van der Waals surface area contributed by atoms with Crippen molar-refractivity contribution in [2.75, 3.05) is 6.61 Å². The fourth-order valence-corrected chi connectivity index (χ4v) is 2.27. The second-order valence-electron chi connectivity index (χ2n) is 5.24. The molecule has 5 heteroatoms. The number of ether oxygens (including phenoxy) is 2. The Morgan fingerprint density at radius 2 is 1.67 bits per heavy atom. The fourth-order valence-electron chi connectivity index (χ4n) is 2.09. The fraction of sp³-hybridized carbons (Fsp3) is 0.263. The standard InChI is InChI=1S/C19H19ClO4/c20-16-8-4-9-17(14-16)24-19(22)11-5-10-18(21)23-13-12-15-6-2-1-3-7-15/h1-4,6-9,14H,5,10-13H2. The maximum Gasteiger partial charge on any atom is 0.311 e. The van der Waals surface area contributed by atoms with E-state index in [2.05, 4.69) is 0 Å². The molecule has 2 aromatic rings. The summed E-state index contributed by atoms with van der Waals surface area (Å²) in [4.78, 5) is 23.3. The minimum absolute atomic E-state index is 0.153. The van der Waals surface area contributed by atoms with Crippen molar-refractivity contribution >= 4 is 23.5 Å². The third-order valence-electron chi connectivity index (χ3n) is 3.29. The van der Waals surface area contributed by atoms with Crippen LogP contribution in [0, 0.1) is 0 Å². The van der Waals surface area contributed by atoms with Crippen molar-refractivity contribution in [3.63, 3.8) is 0 Å². The van der Waals surface area contributed by atoms with Crippen LogP contribution in [0.4, 0.5) is 0 Å². The van der Waals surface area contributed by atoms with Gasteiger partial charge in [0.15, 0.2) is 0 Å². The Hall–Kier alpha value is -2.33. The molecule has 24 heavy (non-hydrogen) atoms. The van der Waals surface area contributed by atoms with Gasteiger partial charge in [-0.05, 0) is 30.2 Å². The number of benzene rings is 2. The molecule has 0 saturated heterocycles. The predicted octanol–water partition coefficient (Wildman–Crippen LogP) is 4.20. The highest BCUT2D eigenvalue weighted by Gasteiger charge is 2.08. The molecule has 4 nitrogen and oxygen atoms in total. The lowest BCUT2D eigenvalue weighted by Gasteiger charge is -2.06. The van der Waals surface area contributed by atoms with E-state index in [1.54, 1.807) is 24.3 Å². The van der Waals surface area contributed by atoms with Gasteiger partial charge in [-0.3, -0.25) is 9.59 Å². The third kappa shape index (κ3) is 6.84. The molecule has 0 N–H and O–H groups in total. The van der Waals surface area contributed by atoms with Crippen molar-refractivity contribution in [3.05, 3.63) is 65.2 Å². The summed E-state index contributed by atoms with van der Waals surface area (Å²) in [6.07, 6.45) is 1.42. The number of rotatable bonds is 8. The quantitative estimate of drug-likeness (QED) is 0.531. The van der Waals surface area contributed by atoms with E-state index in [1.807, 2.05) is 30.3 Å². The van der Waals surface area contributed by atoms with E-state index in [0.717, 1.165) is 5.56 Å². The summed E-state index contributed by atoms with van der Waals surface area (Å²) in [5.41, 5.74) is 1.12. The maximum absolute atomic E-state index is 11.7. The lowest BCUT2D eigenvalue weighted by Crippen LogP contribution is -2.11. The second kappa shape index (κ2) is 9.73. The van der Waals surface area contributed by atoms with Crippen LogP contribution in [0.3, 0.4) is 0 Å². The molecule has 0 radical (unpaired) electrons. The first-order valence-corrected chi connectivity index (χ1v) is 8.17. The molecule has 2 aromatic carbocycles. The molecule has 0 aromatic heterocycles. The van der Waals surface area contributed by atoms with E-state index in [1.165, 1.54) is 0 Å². The van der Waals surface area contributed by atoms with Crippen molar-refractivity contribution in [1.82, 2.24) is 0 Å². The molecule has 0 bridgehead atoms. The lowest BCUT2D eigenvalue weighted by atomic mass is 10.2. The van der Waals surface area contributed by atoms with Gasteiger partial charge in [-0.2, -0.15) is 0 Å². The van der Waals surface area contributed by atoms with Crippen LogP contribution in [0.15, 0.2) is 54.6 Å². The minimum atomic E-state index is -0.394. The van der Waals surface area contributed by atoms with Crippen LogP contribution in [-0.2, 0) is 20.7 Å². The highest BCUT2D eigenvalue weighted by molar-refractivity contribution is 6.30. The Morgan fingerprint density at radius 3 is 2.42 bits per heavy atom. The van der Waals surface area contributed by atoms with Crippen LogP contribution < -0.4 is 4.74 Å². The van der Waals surface area contributed by atoms with E-state index in [0.29, 0.717) is 30.2 Å². The van der Waals surface area contributed by atoms with Gasteiger partial charge in [-0.25, -0.2) is 0 Å². The zero-order chi connectivity index (χ0) is 17.2. The highest BCUT2D eigenvalue weighted by Crippen LogP contribution is 2.17. The number of esters is 2. The van der Waals surface area contributed by atoms with Crippen LogP contribution in [0.2, 0.25) is 5.02 Å². The van der Waals surface area contributed by atoms with E-state index in [9.17, 15) is 9.59 Å². The molecule has 0 atom stereocenters. The van der Waals surface area contributed by atoms with Crippen LogP contribution in [0.25, 0.3) is 0 Å². The molecule has 0 aliphatic carbocycles. The molecule has 0 aliphatic heterocycles. The first-order chi connectivity index (χ1) is 11.6. The van der Waals surface area contributed by atoms with Crippen molar-refractivity contribution < 1.29 is 19.1 Å². The van der Waals surface area contributed by atoms with Gasteiger partial charge in [-0.15, -0.1) is 0 Å². The molecule has 0 spiro atoms. The largest absolute Gasteiger partial charge is 0.465 e. The van der Waals surface area contributed by atoms with Gasteiger partial charge >= 0.3 is 11.9 Å². The Kier molecular flexibility index (Phi) is 7.30. The monoisotopic (exact) mass is 346 g/mol. The topological polar surface area (TPSA) is 52.6 Å². The molecule has 0 fully saturated rings. The second-order valence-corrected chi connectivity index (χ2v) is 5.68. The number of halogens is 1. The average molecular weight is 347 g/mol. The molecule has 0 amide bonds. The van der Waals surface area contributed by atoms with Crippen molar-refractivity contribution in [2.45, 2.75) is 25.7 Å². The van der Waals surface area contributed by atoms with Crippen LogP contribution in [0.1, 0.15) is 24.8 Å². The zero-order valence-corrected chi connectivity index (χ0v) is 14.0. The minimum Gasteiger partial charge on any atom is -0.465 e. The Balaban J connectivity index is 1.59. The molecule has 0 saturated carbocycles. The summed E-state index contributed by atoms with van der Waals surface area (Å²) >= 11 is 5.81. The summed E-state index contributed by atoms with van der Waals surface area (Å²) in [6, 6.07) is 16.4.